The van der Waals surface area contributed by atoms with E-state index in [1.165, 1.54) is 17.1 Å². The van der Waals surface area contributed by atoms with Crippen LogP contribution < -0.4 is 4.90 Å². The molecule has 1 aromatic heterocycles. The van der Waals surface area contributed by atoms with E-state index < -0.39 is 0 Å². The van der Waals surface area contributed by atoms with Gasteiger partial charge >= 0.3 is 0 Å². The van der Waals surface area contributed by atoms with E-state index in [-0.39, 0.29) is 5.24 Å². The van der Waals surface area contributed by atoms with Gasteiger partial charge in [-0.2, -0.15) is 5.10 Å². The summed E-state index contributed by atoms with van der Waals surface area (Å²) >= 11 is 1.48. The summed E-state index contributed by atoms with van der Waals surface area (Å²) in [4.78, 5) is 18.7. The first-order valence-electron chi connectivity index (χ1n) is 9.56. The first kappa shape index (κ1) is 17.7. The second-order valence-electron chi connectivity index (χ2n) is 7.27. The Bertz CT molecular complexity index is 755. The predicted octanol–water partition coefficient (Wildman–Crippen LogP) is 3.02. The molecule has 140 valence electrons. The zero-order valence-corrected chi connectivity index (χ0v) is 16.2. The lowest BCUT2D eigenvalue weighted by atomic mass is 10.2. The lowest BCUT2D eigenvalue weighted by Gasteiger charge is -2.35. The van der Waals surface area contributed by atoms with Crippen LogP contribution in [0.2, 0.25) is 0 Å². The van der Waals surface area contributed by atoms with Crippen LogP contribution >= 0.6 is 11.8 Å². The van der Waals surface area contributed by atoms with Gasteiger partial charge in [0, 0.05) is 49.9 Å². The number of carbonyl (C=O) groups is 1. The fourth-order valence-electron chi connectivity index (χ4n) is 3.86. The molecule has 2 aliphatic heterocycles. The van der Waals surface area contributed by atoms with Crippen molar-refractivity contribution in [3.8, 4) is 0 Å². The third-order valence-electron chi connectivity index (χ3n) is 5.31. The zero-order valence-electron chi connectivity index (χ0n) is 15.4. The van der Waals surface area contributed by atoms with Gasteiger partial charge in [-0.25, -0.2) is 0 Å². The second-order valence-corrected chi connectivity index (χ2v) is 8.66. The average molecular weight is 374 g/mol. The summed E-state index contributed by atoms with van der Waals surface area (Å²) in [5.74, 6) is 1.08. The fourth-order valence-corrected chi connectivity index (χ4v) is 4.78. The summed E-state index contributed by atoms with van der Waals surface area (Å²) in [5.41, 5.74) is 1.11. The molecule has 2 saturated heterocycles. The van der Waals surface area contributed by atoms with Crippen LogP contribution in [-0.2, 0) is 0 Å². The van der Waals surface area contributed by atoms with Gasteiger partial charge in [-0.1, -0.05) is 30.8 Å². The van der Waals surface area contributed by atoms with Crippen LogP contribution in [0.4, 0.5) is 10.6 Å². The largest absolute Gasteiger partial charge is 0.352 e. The van der Waals surface area contributed by atoms with Crippen molar-refractivity contribution in [2.75, 3.05) is 50.7 Å². The maximum atomic E-state index is 11.8. The number of thioether (sulfide) groups is 1. The summed E-state index contributed by atoms with van der Waals surface area (Å²) in [6.07, 6.45) is 2.26. The van der Waals surface area contributed by atoms with Crippen LogP contribution in [0.15, 0.2) is 24.3 Å². The molecule has 7 heteroatoms. The van der Waals surface area contributed by atoms with E-state index in [1.54, 1.807) is 0 Å². The number of aromatic nitrogens is 2. The number of anilines is 1. The number of rotatable bonds is 6. The van der Waals surface area contributed by atoms with Gasteiger partial charge in [0.1, 0.15) is 0 Å². The minimum absolute atomic E-state index is 0.261. The predicted molar refractivity (Wildman–Crippen MR) is 108 cm³/mol. The smallest absolute Gasteiger partial charge is 0.281 e. The highest BCUT2D eigenvalue weighted by Gasteiger charge is 2.26. The molecule has 1 amide bonds. The number of para-hydroxylation sites is 1. The quantitative estimate of drug-likeness (QED) is 0.789. The first-order chi connectivity index (χ1) is 12.7. The highest BCUT2D eigenvalue weighted by molar-refractivity contribution is 8.14. The Balaban J connectivity index is 1.20. The summed E-state index contributed by atoms with van der Waals surface area (Å²) in [6.45, 7) is 9.29. The fraction of sp³-hybridized carbons (Fsp3) is 0.579. The van der Waals surface area contributed by atoms with Crippen LogP contribution in [0.5, 0.6) is 0 Å². The minimum Gasteiger partial charge on any atom is -0.352 e. The summed E-state index contributed by atoms with van der Waals surface area (Å²) in [6, 6.07) is 8.32. The highest BCUT2D eigenvalue weighted by Crippen LogP contribution is 2.26. The molecule has 3 heterocycles. The van der Waals surface area contributed by atoms with E-state index in [2.05, 4.69) is 45.1 Å². The lowest BCUT2D eigenvalue weighted by Crippen LogP contribution is -2.46. The Morgan fingerprint density at radius 2 is 1.92 bits per heavy atom. The molecule has 1 aromatic carbocycles. The maximum absolute atomic E-state index is 11.8. The molecule has 0 aliphatic carbocycles. The van der Waals surface area contributed by atoms with E-state index >= 15 is 0 Å². The number of hydrogen-bond donors (Lipinski definition) is 1. The molecule has 0 radical (unpaired) electrons. The molecule has 26 heavy (non-hydrogen) atoms. The number of nitrogens with zero attached hydrogens (tertiary/aromatic N) is 4. The number of aromatic amines is 1. The third-order valence-corrected chi connectivity index (χ3v) is 6.32. The number of unbranched alkanes of at least 4 members (excludes halogenated alkanes) is 1. The molecule has 1 unspecified atom stereocenters. The Hall–Kier alpha value is -1.73. The molecular weight excluding hydrogens is 346 g/mol. The number of piperazine rings is 1. The highest BCUT2D eigenvalue weighted by atomic mass is 32.2. The maximum Gasteiger partial charge on any atom is 0.281 e. The second kappa shape index (κ2) is 7.88. The van der Waals surface area contributed by atoms with Crippen molar-refractivity contribution >= 4 is 33.7 Å². The van der Waals surface area contributed by atoms with Crippen molar-refractivity contribution in [2.45, 2.75) is 25.0 Å². The Labute approximate surface area is 158 Å². The van der Waals surface area contributed by atoms with Crippen molar-refractivity contribution in [2.24, 2.45) is 0 Å². The topological polar surface area (TPSA) is 55.5 Å². The normalized spacial score (nSPS) is 21.9. The van der Waals surface area contributed by atoms with Crippen LogP contribution in [0.3, 0.4) is 0 Å². The molecule has 0 spiro atoms. The van der Waals surface area contributed by atoms with E-state index in [0.29, 0.717) is 5.25 Å². The molecule has 2 aromatic rings. The number of amides is 1. The van der Waals surface area contributed by atoms with Crippen LogP contribution in [0.1, 0.15) is 19.8 Å². The number of benzene rings is 1. The monoisotopic (exact) mass is 373 g/mol. The Morgan fingerprint density at radius 1 is 1.15 bits per heavy atom. The number of nitrogens with one attached hydrogen (secondary N) is 1. The van der Waals surface area contributed by atoms with Crippen LogP contribution in [0.25, 0.3) is 10.9 Å². The van der Waals surface area contributed by atoms with Crippen molar-refractivity contribution in [3.05, 3.63) is 24.3 Å². The van der Waals surface area contributed by atoms with Gasteiger partial charge in [-0.3, -0.25) is 14.8 Å². The minimum atomic E-state index is 0.261. The van der Waals surface area contributed by atoms with Gasteiger partial charge in [0.15, 0.2) is 5.82 Å². The molecule has 0 bridgehead atoms. The van der Waals surface area contributed by atoms with E-state index in [4.69, 9.17) is 0 Å². The van der Waals surface area contributed by atoms with Crippen LogP contribution in [-0.4, -0.2) is 76.3 Å². The lowest BCUT2D eigenvalue weighted by molar-refractivity contribution is 0.222. The summed E-state index contributed by atoms with van der Waals surface area (Å²) in [5, 5.41) is 9.58. The molecular formula is C19H27N5OS. The van der Waals surface area contributed by atoms with Gasteiger partial charge < -0.3 is 9.80 Å². The summed E-state index contributed by atoms with van der Waals surface area (Å²) < 4.78 is 0. The van der Waals surface area contributed by atoms with Crippen molar-refractivity contribution in [1.82, 2.24) is 20.0 Å². The zero-order chi connectivity index (χ0) is 17.9. The van der Waals surface area contributed by atoms with Crippen molar-refractivity contribution in [1.29, 1.82) is 0 Å². The van der Waals surface area contributed by atoms with Crippen molar-refractivity contribution in [3.63, 3.8) is 0 Å². The Kier molecular flexibility index (Phi) is 5.36. The molecule has 1 N–H and O–H groups in total. The summed E-state index contributed by atoms with van der Waals surface area (Å²) in [7, 11) is 0. The molecule has 0 saturated carbocycles. The van der Waals surface area contributed by atoms with Gasteiger partial charge in [-0.05, 0) is 31.5 Å². The van der Waals surface area contributed by atoms with E-state index in [9.17, 15) is 4.79 Å². The van der Waals surface area contributed by atoms with E-state index in [0.717, 1.165) is 70.0 Å². The standard InChI is InChI=1S/C19H27N5OS/c1-15-14-24(19(25)26-15)9-5-4-8-22-10-12-23(13-11-22)18-16-6-2-3-7-17(16)20-21-18/h2-3,6-7,15H,4-5,8-14H2,1H3,(H,20,21). The molecule has 4 rings (SSSR count). The molecule has 2 aliphatic rings. The first-order valence-corrected chi connectivity index (χ1v) is 10.4. The van der Waals surface area contributed by atoms with Crippen LogP contribution in [0, 0.1) is 0 Å². The third kappa shape index (κ3) is 3.83. The van der Waals surface area contributed by atoms with E-state index in [1.807, 2.05) is 11.0 Å². The molecule has 2 fully saturated rings. The SMILES string of the molecule is CC1CN(CCCCN2CCN(c3n[nH]c4ccccc34)CC2)C(=O)S1. The Morgan fingerprint density at radius 3 is 2.69 bits per heavy atom. The van der Waals surface area contributed by atoms with Gasteiger partial charge in [0.25, 0.3) is 5.24 Å². The number of carbonyl (C=O) groups excluding carboxylic acids is 1. The molecule has 6 nitrogen and oxygen atoms in total. The number of fused-ring (bicyclic) bond motifs is 1. The van der Waals surface area contributed by atoms with Gasteiger partial charge in [0.05, 0.1) is 5.52 Å². The molecule has 1 atom stereocenters. The van der Waals surface area contributed by atoms with Gasteiger partial charge in [-0.15, -0.1) is 0 Å². The van der Waals surface area contributed by atoms with Gasteiger partial charge in [0.2, 0.25) is 0 Å². The number of hydrogen-bond acceptors (Lipinski definition) is 5. The van der Waals surface area contributed by atoms with Crippen molar-refractivity contribution < 1.29 is 4.79 Å². The number of H-pyrrole nitrogens is 1. The average Bonchev–Trinajstić information content (AvgIpc) is 3.22.